The zero-order chi connectivity index (χ0) is 26.0. The molecule has 1 atom stereocenters. The number of amides is 1. The number of halogens is 1. The molecule has 1 amide bonds. The van der Waals surface area contributed by atoms with Crippen molar-refractivity contribution in [1.29, 1.82) is 0 Å². The quantitative estimate of drug-likeness (QED) is 0.283. The molecule has 1 fully saturated rings. The molecule has 2 aromatic heterocycles. The molecule has 1 aliphatic heterocycles. The van der Waals surface area contributed by atoms with Gasteiger partial charge in [0, 0.05) is 24.2 Å². The van der Waals surface area contributed by atoms with Crippen molar-refractivity contribution in [2.75, 3.05) is 18.4 Å². The maximum Gasteiger partial charge on any atom is 0.252 e. The highest BCUT2D eigenvalue weighted by molar-refractivity contribution is 7.91. The highest BCUT2D eigenvalue weighted by Crippen LogP contribution is 2.34. The van der Waals surface area contributed by atoms with Gasteiger partial charge in [0.25, 0.3) is 10.0 Å². The number of nitrogens with one attached hydrogen (secondary N) is 1. The zero-order valence-corrected chi connectivity index (χ0v) is 22.7. The number of rotatable bonds is 7. The summed E-state index contributed by atoms with van der Waals surface area (Å²) < 4.78 is 28.0. The lowest BCUT2D eigenvalue weighted by atomic mass is 9.99. The number of nitrogens with zero attached hydrogens (tertiary/aromatic N) is 2. The predicted octanol–water partition coefficient (Wildman–Crippen LogP) is 5.80. The Kier molecular flexibility index (Phi) is 7.55. The number of hydrogen-bond donors (Lipinski definition) is 1. The number of carbonyl (C=O) groups is 2. The number of thiazole rings is 1. The number of benzene rings is 2. The first kappa shape index (κ1) is 25.7. The molecule has 0 bridgehead atoms. The van der Waals surface area contributed by atoms with Crippen molar-refractivity contribution in [3.8, 4) is 11.3 Å². The van der Waals surface area contributed by atoms with Gasteiger partial charge in [0.1, 0.15) is 9.09 Å². The van der Waals surface area contributed by atoms with Crippen LogP contribution in [-0.2, 0) is 14.8 Å². The van der Waals surface area contributed by atoms with Crippen LogP contribution in [0.25, 0.3) is 11.3 Å². The minimum atomic E-state index is -3.73. The molecule has 0 saturated carbocycles. The zero-order valence-electron chi connectivity index (χ0n) is 19.5. The van der Waals surface area contributed by atoms with Gasteiger partial charge in [-0.3, -0.25) is 9.59 Å². The molecule has 7 nitrogen and oxygen atoms in total. The molecule has 0 radical (unpaired) electrons. The molecule has 3 heterocycles. The van der Waals surface area contributed by atoms with E-state index in [1.807, 2.05) is 36.4 Å². The Labute approximate surface area is 227 Å². The van der Waals surface area contributed by atoms with Crippen LogP contribution in [0.15, 0.2) is 77.0 Å². The Hall–Kier alpha value is -2.89. The van der Waals surface area contributed by atoms with Crippen LogP contribution in [0.4, 0.5) is 5.13 Å². The Morgan fingerprint density at radius 3 is 2.35 bits per heavy atom. The maximum absolute atomic E-state index is 13.3. The molecule has 37 heavy (non-hydrogen) atoms. The third-order valence-electron chi connectivity index (χ3n) is 6.04. The van der Waals surface area contributed by atoms with Crippen LogP contribution in [0, 0.1) is 5.92 Å². The molecule has 1 unspecified atom stereocenters. The molecule has 2 aromatic carbocycles. The van der Waals surface area contributed by atoms with E-state index in [-0.39, 0.29) is 22.4 Å². The lowest BCUT2D eigenvalue weighted by molar-refractivity contribution is -0.120. The van der Waals surface area contributed by atoms with E-state index >= 15 is 0 Å². The number of hydrogen-bond acceptors (Lipinski definition) is 7. The number of anilines is 1. The van der Waals surface area contributed by atoms with Gasteiger partial charge in [0.05, 0.1) is 15.9 Å². The maximum atomic E-state index is 13.3. The van der Waals surface area contributed by atoms with Crippen molar-refractivity contribution >= 4 is 61.1 Å². The van der Waals surface area contributed by atoms with Crippen LogP contribution >= 0.6 is 34.3 Å². The molecule has 0 aliphatic carbocycles. The first-order chi connectivity index (χ1) is 17.8. The summed E-state index contributed by atoms with van der Waals surface area (Å²) in [6.07, 6.45) is 1.11. The van der Waals surface area contributed by atoms with Gasteiger partial charge in [-0.2, -0.15) is 4.31 Å². The molecule has 11 heteroatoms. The summed E-state index contributed by atoms with van der Waals surface area (Å²) in [7, 11) is -3.73. The molecule has 0 spiro atoms. The summed E-state index contributed by atoms with van der Waals surface area (Å²) in [6, 6.07) is 21.3. The van der Waals surface area contributed by atoms with E-state index in [9.17, 15) is 18.0 Å². The van der Waals surface area contributed by atoms with Crippen LogP contribution in [0.1, 0.15) is 28.1 Å². The summed E-state index contributed by atoms with van der Waals surface area (Å²) in [5.74, 6) is -1.05. The van der Waals surface area contributed by atoms with Crippen molar-refractivity contribution in [3.63, 3.8) is 0 Å². The first-order valence-corrected chi connectivity index (χ1v) is 15.0. The van der Waals surface area contributed by atoms with E-state index in [1.54, 1.807) is 30.3 Å². The van der Waals surface area contributed by atoms with E-state index in [4.69, 9.17) is 11.6 Å². The average Bonchev–Trinajstić information content (AvgIpc) is 3.56. The van der Waals surface area contributed by atoms with Crippen LogP contribution in [0.2, 0.25) is 4.34 Å². The number of sulfonamides is 1. The summed E-state index contributed by atoms with van der Waals surface area (Å²) in [6.45, 7) is 0.406. The fourth-order valence-electron chi connectivity index (χ4n) is 4.19. The van der Waals surface area contributed by atoms with Crippen molar-refractivity contribution in [2.24, 2.45) is 5.92 Å². The number of aromatic nitrogens is 1. The van der Waals surface area contributed by atoms with Crippen LogP contribution < -0.4 is 5.32 Å². The molecule has 190 valence electrons. The average molecular weight is 572 g/mol. The lowest BCUT2D eigenvalue weighted by Gasteiger charge is -2.30. The second-order valence-corrected chi connectivity index (χ2v) is 13.4. The third kappa shape index (κ3) is 5.53. The van der Waals surface area contributed by atoms with E-state index in [1.165, 1.54) is 10.4 Å². The van der Waals surface area contributed by atoms with Crippen LogP contribution in [-0.4, -0.2) is 42.5 Å². The Morgan fingerprint density at radius 2 is 1.68 bits per heavy atom. The highest BCUT2D eigenvalue weighted by Gasteiger charge is 2.34. The fourth-order valence-corrected chi connectivity index (χ4v) is 8.30. The molecule has 1 N–H and O–H groups in total. The summed E-state index contributed by atoms with van der Waals surface area (Å²) in [4.78, 5) is 31.5. The van der Waals surface area contributed by atoms with Gasteiger partial charge in [-0.05, 0) is 25.0 Å². The van der Waals surface area contributed by atoms with Gasteiger partial charge in [-0.1, -0.05) is 83.6 Å². The topological polar surface area (TPSA) is 96.4 Å². The van der Waals surface area contributed by atoms with Crippen LogP contribution in [0.3, 0.4) is 0 Å². The Balaban J connectivity index is 1.38. The monoisotopic (exact) mass is 571 g/mol. The lowest BCUT2D eigenvalue weighted by Crippen LogP contribution is -2.43. The molecule has 1 saturated heterocycles. The van der Waals surface area contributed by atoms with Gasteiger partial charge in [0.2, 0.25) is 11.7 Å². The van der Waals surface area contributed by atoms with Crippen molar-refractivity contribution in [3.05, 3.63) is 87.6 Å². The fraction of sp³-hybridized carbons (Fsp3) is 0.192. The molecule has 1 aliphatic rings. The largest absolute Gasteiger partial charge is 0.302 e. The number of piperidine rings is 1. The minimum absolute atomic E-state index is 0.0659. The van der Waals surface area contributed by atoms with Crippen molar-refractivity contribution < 1.29 is 18.0 Å². The number of carbonyl (C=O) groups excluding carboxylic acids is 2. The summed E-state index contributed by atoms with van der Waals surface area (Å²) in [5, 5.41) is 3.14. The highest BCUT2D eigenvalue weighted by atomic mass is 35.5. The van der Waals surface area contributed by atoms with Gasteiger partial charge in [0.15, 0.2) is 5.13 Å². The second-order valence-electron chi connectivity index (χ2n) is 8.51. The summed E-state index contributed by atoms with van der Waals surface area (Å²) >= 11 is 8.05. The van der Waals surface area contributed by atoms with Gasteiger partial charge in [-0.15, -0.1) is 11.3 Å². The molecule has 4 aromatic rings. The molecular formula is C26H22ClN3O4S3. The van der Waals surface area contributed by atoms with E-state index < -0.39 is 15.9 Å². The Bertz CT molecular complexity index is 1540. The van der Waals surface area contributed by atoms with E-state index in [0.717, 1.165) is 28.2 Å². The second kappa shape index (κ2) is 10.8. The number of ketones is 1. The van der Waals surface area contributed by atoms with Gasteiger partial charge in [-0.25, -0.2) is 13.4 Å². The molecule has 5 rings (SSSR count). The van der Waals surface area contributed by atoms with Gasteiger partial charge >= 0.3 is 0 Å². The number of thiophene rings is 1. The third-order valence-corrected chi connectivity index (χ3v) is 10.6. The SMILES string of the molecule is O=C(c1ccccc1)c1sc(NC(=O)C2CCCN(S(=O)(=O)c3ccc(Cl)s3)C2)nc1-c1ccccc1. The minimum Gasteiger partial charge on any atom is -0.302 e. The van der Waals surface area contributed by atoms with Gasteiger partial charge < -0.3 is 5.32 Å². The summed E-state index contributed by atoms with van der Waals surface area (Å²) in [5.41, 5.74) is 1.79. The van der Waals surface area contributed by atoms with Crippen LogP contribution in [0.5, 0.6) is 0 Å². The normalized spacial score (nSPS) is 16.4. The smallest absolute Gasteiger partial charge is 0.252 e. The predicted molar refractivity (Wildman–Crippen MR) is 147 cm³/mol. The molecular weight excluding hydrogens is 550 g/mol. The van der Waals surface area contributed by atoms with E-state index in [2.05, 4.69) is 10.3 Å². The van der Waals surface area contributed by atoms with Crippen molar-refractivity contribution in [2.45, 2.75) is 17.1 Å². The standard InChI is InChI=1S/C26H22ClN3O4S3/c27-20-13-14-21(35-20)37(33,34)30-15-7-12-19(16-30)25(32)29-26-28-22(17-8-3-1-4-9-17)24(36-26)23(31)18-10-5-2-6-11-18/h1-6,8-11,13-14,19H,7,12,15-16H2,(H,28,29,32). The van der Waals surface area contributed by atoms with E-state index in [0.29, 0.717) is 45.0 Å². The van der Waals surface area contributed by atoms with Crippen molar-refractivity contribution in [1.82, 2.24) is 9.29 Å². The first-order valence-electron chi connectivity index (χ1n) is 11.6. The Morgan fingerprint density at radius 1 is 0.973 bits per heavy atom.